The van der Waals surface area contributed by atoms with Gasteiger partial charge < -0.3 is 30.0 Å². The van der Waals surface area contributed by atoms with Crippen molar-refractivity contribution in [3.8, 4) is 0 Å². The first-order valence-corrected chi connectivity index (χ1v) is 17.0. The third kappa shape index (κ3) is 8.42. The fourth-order valence-electron chi connectivity index (χ4n) is 7.69. The number of ether oxygens (including phenoxy) is 1. The second-order valence-electron chi connectivity index (χ2n) is 15.7. The summed E-state index contributed by atoms with van der Waals surface area (Å²) >= 11 is 0. The summed E-state index contributed by atoms with van der Waals surface area (Å²) in [6.45, 7) is 19.2. The SMILES string of the molecule is CC(C)C[C@H](NC(=O)[C@H](CC(C)C)NC(=O)[C@H](CC(C)C)NC(=O)OCc1ccccc1)B1O[C@@H]2C[C@H]3C[C@H](C3(C)C)[C@]2(C)O1. The van der Waals surface area contributed by atoms with Crippen molar-refractivity contribution in [2.75, 3.05) is 0 Å². The highest BCUT2D eigenvalue weighted by Gasteiger charge is 2.68. The molecule has 3 saturated carbocycles. The van der Waals surface area contributed by atoms with Gasteiger partial charge in [0.25, 0.3) is 0 Å². The molecule has 4 aliphatic rings. The van der Waals surface area contributed by atoms with E-state index in [-0.39, 0.29) is 47.4 Å². The Morgan fingerprint density at radius 2 is 1.42 bits per heavy atom. The van der Waals surface area contributed by atoms with Gasteiger partial charge in [-0.15, -0.1) is 0 Å². The van der Waals surface area contributed by atoms with E-state index in [1.807, 2.05) is 58.0 Å². The minimum atomic E-state index is -0.846. The fourth-order valence-corrected chi connectivity index (χ4v) is 7.69. The Bertz CT molecular complexity index is 1180. The van der Waals surface area contributed by atoms with Gasteiger partial charge >= 0.3 is 13.2 Å². The second-order valence-corrected chi connectivity index (χ2v) is 15.7. The lowest BCUT2D eigenvalue weighted by Crippen LogP contribution is -2.65. The average molecular weight is 626 g/mol. The maximum atomic E-state index is 13.9. The predicted molar refractivity (Wildman–Crippen MR) is 176 cm³/mol. The lowest BCUT2D eigenvalue weighted by Gasteiger charge is -2.64. The number of alkyl carbamates (subject to hydrolysis) is 1. The minimum absolute atomic E-state index is 0.0153. The van der Waals surface area contributed by atoms with Crippen LogP contribution >= 0.6 is 0 Å². The Hall–Kier alpha value is -2.59. The van der Waals surface area contributed by atoms with Crippen molar-refractivity contribution in [2.45, 2.75) is 131 Å². The Kier molecular flexibility index (Phi) is 11.3. The Labute approximate surface area is 270 Å². The summed E-state index contributed by atoms with van der Waals surface area (Å²) in [6.07, 6.45) is 3.01. The molecule has 1 saturated heterocycles. The summed E-state index contributed by atoms with van der Waals surface area (Å²) in [5.41, 5.74) is 0.701. The van der Waals surface area contributed by atoms with Gasteiger partial charge in [-0.05, 0) is 79.6 Å². The molecule has 10 heteroatoms. The fraction of sp³-hybridized carbons (Fsp3) is 0.743. The van der Waals surface area contributed by atoms with Gasteiger partial charge in [-0.2, -0.15) is 0 Å². The molecule has 2 bridgehead atoms. The van der Waals surface area contributed by atoms with Crippen LogP contribution in [0.5, 0.6) is 0 Å². The summed E-state index contributed by atoms with van der Waals surface area (Å²) in [6, 6.07) is 7.75. The monoisotopic (exact) mass is 625 g/mol. The van der Waals surface area contributed by atoms with Crippen molar-refractivity contribution in [3.63, 3.8) is 0 Å². The predicted octanol–water partition coefficient (Wildman–Crippen LogP) is 5.66. The van der Waals surface area contributed by atoms with Gasteiger partial charge in [0.2, 0.25) is 11.8 Å². The van der Waals surface area contributed by atoms with Crippen LogP contribution in [-0.2, 0) is 30.2 Å². The third-order valence-electron chi connectivity index (χ3n) is 10.2. The molecule has 3 amide bonds. The molecule has 3 aliphatic carbocycles. The molecule has 250 valence electrons. The molecule has 7 atom stereocenters. The zero-order valence-electron chi connectivity index (χ0n) is 28.9. The standard InChI is InChI=1S/C35H56BN3O6/c1-21(2)15-26(37-31(40)27(16-22(3)4)38-33(42)43-20-24-13-11-10-12-14-24)32(41)39-30(17-23(5)6)36-44-29-19-25-18-28(34(25,7)8)35(29,9)45-36/h10-14,21-23,25-30H,15-20H2,1-9H3,(H,37,40)(H,38,42)(H,39,41)/t25-,26+,27+,28-,29-,30+,35+/m1/s1. The van der Waals surface area contributed by atoms with Gasteiger partial charge in [-0.1, -0.05) is 85.7 Å². The number of carbonyl (C=O) groups is 3. The molecule has 0 spiro atoms. The largest absolute Gasteiger partial charge is 0.481 e. The molecule has 4 fully saturated rings. The number of rotatable bonds is 14. The van der Waals surface area contributed by atoms with E-state index < -0.39 is 31.2 Å². The van der Waals surface area contributed by atoms with Crippen LogP contribution in [-0.4, -0.2) is 54.8 Å². The van der Waals surface area contributed by atoms with Crippen molar-refractivity contribution >= 4 is 25.0 Å². The molecular weight excluding hydrogens is 569 g/mol. The van der Waals surface area contributed by atoms with Crippen LogP contribution in [0.3, 0.4) is 0 Å². The van der Waals surface area contributed by atoms with E-state index >= 15 is 0 Å². The second kappa shape index (κ2) is 14.5. The first kappa shape index (κ1) is 35.3. The van der Waals surface area contributed by atoms with Crippen LogP contribution in [0.15, 0.2) is 30.3 Å². The molecule has 0 radical (unpaired) electrons. The van der Waals surface area contributed by atoms with Gasteiger partial charge in [0.05, 0.1) is 17.6 Å². The highest BCUT2D eigenvalue weighted by atomic mass is 16.7. The summed E-state index contributed by atoms with van der Waals surface area (Å²) in [5, 5.41) is 8.91. The molecule has 1 aromatic carbocycles. The van der Waals surface area contributed by atoms with Crippen molar-refractivity contribution in [1.29, 1.82) is 0 Å². The molecule has 1 heterocycles. The van der Waals surface area contributed by atoms with Gasteiger partial charge in [0.1, 0.15) is 18.7 Å². The van der Waals surface area contributed by atoms with Crippen molar-refractivity contribution in [3.05, 3.63) is 35.9 Å². The number of hydrogen-bond acceptors (Lipinski definition) is 6. The van der Waals surface area contributed by atoms with Gasteiger partial charge in [0, 0.05) is 0 Å². The van der Waals surface area contributed by atoms with Crippen LogP contribution in [0.1, 0.15) is 100.0 Å². The molecule has 5 rings (SSSR count). The number of benzene rings is 1. The van der Waals surface area contributed by atoms with Crippen LogP contribution in [0.25, 0.3) is 0 Å². The van der Waals surface area contributed by atoms with E-state index in [2.05, 4.69) is 50.6 Å². The quantitative estimate of drug-likeness (QED) is 0.230. The van der Waals surface area contributed by atoms with Crippen molar-refractivity contribution < 1.29 is 28.4 Å². The molecule has 1 aliphatic heterocycles. The Morgan fingerprint density at radius 1 is 0.844 bits per heavy atom. The molecule has 1 aromatic rings. The smallest absolute Gasteiger partial charge is 0.445 e. The van der Waals surface area contributed by atoms with E-state index in [4.69, 9.17) is 14.0 Å². The minimum Gasteiger partial charge on any atom is -0.445 e. The van der Waals surface area contributed by atoms with Crippen LogP contribution in [0.2, 0.25) is 0 Å². The van der Waals surface area contributed by atoms with E-state index in [1.54, 1.807) is 0 Å². The average Bonchev–Trinajstić information content (AvgIpc) is 3.32. The third-order valence-corrected chi connectivity index (χ3v) is 10.2. The molecule has 0 unspecified atom stereocenters. The maximum Gasteiger partial charge on any atom is 0.481 e. The van der Waals surface area contributed by atoms with Crippen LogP contribution in [0.4, 0.5) is 4.79 Å². The molecule has 0 aromatic heterocycles. The van der Waals surface area contributed by atoms with Crippen LogP contribution < -0.4 is 16.0 Å². The van der Waals surface area contributed by atoms with Gasteiger partial charge in [-0.25, -0.2) is 4.79 Å². The van der Waals surface area contributed by atoms with Crippen molar-refractivity contribution in [1.82, 2.24) is 16.0 Å². The first-order valence-electron chi connectivity index (χ1n) is 17.0. The molecule has 3 N–H and O–H groups in total. The Morgan fingerprint density at radius 3 is 2.00 bits per heavy atom. The van der Waals surface area contributed by atoms with E-state index in [0.717, 1.165) is 18.4 Å². The van der Waals surface area contributed by atoms with Gasteiger partial charge in [-0.3, -0.25) is 9.59 Å². The lowest BCUT2D eigenvalue weighted by atomic mass is 9.43. The first-order chi connectivity index (χ1) is 21.1. The normalized spacial score (nSPS) is 26.9. The number of hydrogen-bond donors (Lipinski definition) is 3. The number of amides is 3. The highest BCUT2D eigenvalue weighted by Crippen LogP contribution is 2.65. The molecule has 9 nitrogen and oxygen atoms in total. The number of nitrogens with one attached hydrogen (secondary N) is 3. The summed E-state index contributed by atoms with van der Waals surface area (Å²) in [5.74, 6) is 0.589. The zero-order chi connectivity index (χ0) is 33.1. The lowest BCUT2D eigenvalue weighted by molar-refractivity contribution is -0.199. The highest BCUT2D eigenvalue weighted by molar-refractivity contribution is 6.48. The van der Waals surface area contributed by atoms with E-state index in [1.165, 1.54) is 0 Å². The summed E-state index contributed by atoms with van der Waals surface area (Å²) < 4.78 is 18.7. The van der Waals surface area contributed by atoms with E-state index in [0.29, 0.717) is 37.0 Å². The topological polar surface area (TPSA) is 115 Å². The summed E-state index contributed by atoms with van der Waals surface area (Å²) in [7, 11) is -0.549. The van der Waals surface area contributed by atoms with Crippen LogP contribution in [0, 0.1) is 35.0 Å². The summed E-state index contributed by atoms with van der Waals surface area (Å²) in [4.78, 5) is 40.2. The number of carbonyl (C=O) groups excluding carboxylic acids is 3. The van der Waals surface area contributed by atoms with Crippen molar-refractivity contribution in [2.24, 2.45) is 35.0 Å². The zero-order valence-corrected chi connectivity index (χ0v) is 28.9. The molecular formula is C35H56BN3O6. The Balaban J connectivity index is 1.43. The maximum absolute atomic E-state index is 13.9. The van der Waals surface area contributed by atoms with Gasteiger partial charge in [0.15, 0.2) is 0 Å². The molecule has 45 heavy (non-hydrogen) atoms. The van der Waals surface area contributed by atoms with E-state index in [9.17, 15) is 14.4 Å².